The fraction of sp³-hybridized carbons (Fsp3) is 0.800. The van der Waals surface area contributed by atoms with E-state index in [0.29, 0.717) is 17.8 Å². The fourth-order valence-corrected chi connectivity index (χ4v) is 10.7. The van der Waals surface area contributed by atoms with Crippen LogP contribution >= 0.6 is 23.5 Å². The molecule has 3 fully saturated rings. The van der Waals surface area contributed by atoms with Gasteiger partial charge in [-0.05, 0) is 67.1 Å². The maximum atomic E-state index is 11.5. The second-order valence-corrected chi connectivity index (χ2v) is 13.2. The molecule has 3 saturated carbocycles. The normalized spacial score (nSPS) is 41.8. The van der Waals surface area contributed by atoms with Crippen LogP contribution in [0.15, 0.2) is 11.6 Å². The molecule has 2 N–H and O–H groups in total. The van der Waals surface area contributed by atoms with Crippen LogP contribution in [-0.2, 0) is 19.1 Å². The Labute approximate surface area is 204 Å². The Morgan fingerprint density at radius 1 is 1.06 bits per heavy atom. The number of carboxylic acid groups (broad SMARTS) is 2. The summed E-state index contributed by atoms with van der Waals surface area (Å²) in [7, 11) is 0. The average Bonchev–Trinajstić information content (AvgIpc) is 3.02. The lowest BCUT2D eigenvalue weighted by Crippen LogP contribution is -2.51. The number of carboxylic acids is 2. The quantitative estimate of drug-likeness (QED) is 0.381. The SMILES string of the molecule is CC(=O)OC1CCC2(C)C(=CCC3C2CCC2(C)C3CC(SCC(=O)O)C2SCC(=O)O)C1. The van der Waals surface area contributed by atoms with Crippen molar-refractivity contribution in [3.8, 4) is 0 Å². The standard InChI is InChI=1S/C25H36O6S2/c1-14(26)31-16-6-8-24(2)15(10-16)4-5-17-18(24)7-9-25(3)19(17)11-20(32-12-21(27)28)23(25)33-13-22(29)30/h4,16-20,23H,5-13H2,1-3H3,(H,27,28)(H,29,30). The predicted molar refractivity (Wildman–Crippen MR) is 130 cm³/mol. The van der Waals surface area contributed by atoms with Crippen LogP contribution in [0.1, 0.15) is 65.7 Å². The monoisotopic (exact) mass is 496 g/mol. The summed E-state index contributed by atoms with van der Waals surface area (Å²) in [6, 6.07) is 0. The second-order valence-electron chi connectivity index (χ2n) is 10.9. The summed E-state index contributed by atoms with van der Waals surface area (Å²) in [6.07, 6.45) is 9.39. The minimum absolute atomic E-state index is 0.00712. The number of thioether (sulfide) groups is 2. The van der Waals surface area contributed by atoms with E-state index in [1.165, 1.54) is 36.0 Å². The Balaban J connectivity index is 1.57. The van der Waals surface area contributed by atoms with Crippen LogP contribution in [0.3, 0.4) is 0 Å². The van der Waals surface area contributed by atoms with E-state index in [4.69, 9.17) is 4.74 Å². The smallest absolute Gasteiger partial charge is 0.313 e. The maximum absolute atomic E-state index is 11.5. The zero-order valence-electron chi connectivity index (χ0n) is 19.7. The van der Waals surface area contributed by atoms with E-state index in [9.17, 15) is 24.6 Å². The van der Waals surface area contributed by atoms with E-state index < -0.39 is 11.9 Å². The number of carbonyl (C=O) groups is 3. The minimum Gasteiger partial charge on any atom is -0.481 e. The molecule has 184 valence electrons. The van der Waals surface area contributed by atoms with Gasteiger partial charge in [0.2, 0.25) is 0 Å². The number of rotatable bonds is 7. The first-order valence-electron chi connectivity index (χ1n) is 12.1. The van der Waals surface area contributed by atoms with E-state index in [-0.39, 0.29) is 44.9 Å². The van der Waals surface area contributed by atoms with E-state index in [1.807, 2.05) is 0 Å². The molecule has 0 amide bonds. The van der Waals surface area contributed by atoms with Crippen molar-refractivity contribution < 1.29 is 29.3 Å². The molecule has 0 saturated heterocycles. The molecular weight excluding hydrogens is 460 g/mol. The lowest BCUT2D eigenvalue weighted by Gasteiger charge is -2.58. The van der Waals surface area contributed by atoms with Crippen molar-refractivity contribution in [3.05, 3.63) is 11.6 Å². The number of allylic oxidation sites excluding steroid dienone is 1. The first-order valence-corrected chi connectivity index (χ1v) is 14.2. The summed E-state index contributed by atoms with van der Waals surface area (Å²) < 4.78 is 5.55. The van der Waals surface area contributed by atoms with Gasteiger partial charge in [0, 0.05) is 23.8 Å². The Morgan fingerprint density at radius 2 is 1.76 bits per heavy atom. The van der Waals surface area contributed by atoms with E-state index in [1.54, 1.807) is 0 Å². The van der Waals surface area contributed by atoms with Crippen molar-refractivity contribution in [3.63, 3.8) is 0 Å². The van der Waals surface area contributed by atoms with Crippen molar-refractivity contribution >= 4 is 41.4 Å². The Kier molecular flexibility index (Phi) is 7.17. The van der Waals surface area contributed by atoms with Crippen LogP contribution in [0.4, 0.5) is 0 Å². The Morgan fingerprint density at radius 3 is 2.42 bits per heavy atom. The summed E-state index contributed by atoms with van der Waals surface area (Å²) in [4.78, 5) is 34.1. The minimum atomic E-state index is -0.804. The molecule has 0 radical (unpaired) electrons. The van der Waals surface area contributed by atoms with Crippen LogP contribution in [-0.4, -0.2) is 56.2 Å². The lowest BCUT2D eigenvalue weighted by molar-refractivity contribution is -0.148. The summed E-state index contributed by atoms with van der Waals surface area (Å²) >= 11 is 3.03. The first kappa shape index (κ1) is 25.0. The zero-order chi connectivity index (χ0) is 24.0. The highest BCUT2D eigenvalue weighted by molar-refractivity contribution is 8.04. The van der Waals surface area contributed by atoms with Gasteiger partial charge in [0.25, 0.3) is 0 Å². The number of aliphatic carboxylic acids is 2. The molecule has 0 aliphatic heterocycles. The molecule has 0 spiro atoms. The molecule has 0 aromatic heterocycles. The summed E-state index contributed by atoms with van der Waals surface area (Å²) in [5.41, 5.74) is 1.63. The molecule has 8 atom stereocenters. The lowest BCUT2D eigenvalue weighted by atomic mass is 9.48. The van der Waals surface area contributed by atoms with Crippen molar-refractivity contribution in [2.24, 2.45) is 28.6 Å². The molecule has 33 heavy (non-hydrogen) atoms. The molecule has 0 bridgehead atoms. The summed E-state index contributed by atoms with van der Waals surface area (Å²) in [5, 5.41) is 18.9. The van der Waals surface area contributed by atoms with Crippen molar-refractivity contribution in [2.45, 2.75) is 82.3 Å². The molecule has 8 heteroatoms. The third-order valence-electron chi connectivity index (χ3n) is 9.11. The van der Waals surface area contributed by atoms with Crippen molar-refractivity contribution in [2.75, 3.05) is 11.5 Å². The molecule has 0 aromatic rings. The molecule has 8 unspecified atom stereocenters. The molecule has 0 heterocycles. The van der Waals surface area contributed by atoms with Crippen LogP contribution < -0.4 is 0 Å². The van der Waals surface area contributed by atoms with Crippen LogP contribution in [0.2, 0.25) is 0 Å². The van der Waals surface area contributed by atoms with Gasteiger partial charge in [-0.25, -0.2) is 0 Å². The van der Waals surface area contributed by atoms with Gasteiger partial charge in [-0.1, -0.05) is 25.5 Å². The maximum Gasteiger partial charge on any atom is 0.313 e. The number of carbonyl (C=O) groups excluding carboxylic acids is 1. The van der Waals surface area contributed by atoms with Gasteiger partial charge in [0.15, 0.2) is 0 Å². The highest BCUT2D eigenvalue weighted by Crippen LogP contribution is 2.67. The number of fused-ring (bicyclic) bond motifs is 5. The summed E-state index contributed by atoms with van der Waals surface area (Å²) in [5.74, 6) is -0.0440. The van der Waals surface area contributed by atoms with Gasteiger partial charge in [-0.2, -0.15) is 0 Å². The molecule has 4 rings (SSSR count). The second kappa shape index (κ2) is 9.48. The fourth-order valence-electron chi connectivity index (χ4n) is 7.70. The average molecular weight is 497 g/mol. The summed E-state index contributed by atoms with van der Waals surface area (Å²) in [6.45, 7) is 6.23. The van der Waals surface area contributed by atoms with E-state index in [0.717, 1.165) is 44.9 Å². The van der Waals surface area contributed by atoms with Crippen LogP contribution in [0.5, 0.6) is 0 Å². The predicted octanol–water partition coefficient (Wildman–Crippen LogP) is 4.86. The van der Waals surface area contributed by atoms with Crippen molar-refractivity contribution in [1.29, 1.82) is 0 Å². The molecule has 4 aliphatic rings. The zero-order valence-corrected chi connectivity index (χ0v) is 21.4. The van der Waals surface area contributed by atoms with Crippen molar-refractivity contribution in [1.82, 2.24) is 0 Å². The molecule has 4 aliphatic carbocycles. The number of hydrogen-bond donors (Lipinski definition) is 2. The Bertz CT molecular complexity index is 843. The number of esters is 1. The highest BCUT2D eigenvalue weighted by Gasteiger charge is 2.61. The van der Waals surface area contributed by atoms with Crippen LogP contribution in [0.25, 0.3) is 0 Å². The third kappa shape index (κ3) is 4.71. The van der Waals surface area contributed by atoms with Gasteiger partial charge < -0.3 is 14.9 Å². The topological polar surface area (TPSA) is 101 Å². The molecule has 6 nitrogen and oxygen atoms in total. The van der Waals surface area contributed by atoms with Gasteiger partial charge in [-0.15, -0.1) is 23.5 Å². The largest absolute Gasteiger partial charge is 0.481 e. The van der Waals surface area contributed by atoms with E-state index >= 15 is 0 Å². The van der Waals surface area contributed by atoms with E-state index in [2.05, 4.69) is 19.9 Å². The third-order valence-corrected chi connectivity index (χ3v) is 12.2. The number of hydrogen-bond acceptors (Lipinski definition) is 6. The first-order chi connectivity index (χ1) is 15.5. The molecular formula is C25H36O6S2. The van der Waals surface area contributed by atoms with Gasteiger partial charge in [0.1, 0.15) is 6.10 Å². The molecule has 0 aromatic carbocycles. The van der Waals surface area contributed by atoms with Gasteiger partial charge >= 0.3 is 17.9 Å². The highest BCUT2D eigenvalue weighted by atomic mass is 32.2. The van der Waals surface area contributed by atoms with Gasteiger partial charge in [-0.3, -0.25) is 14.4 Å². The Hall–Kier alpha value is -1.15. The van der Waals surface area contributed by atoms with Gasteiger partial charge in [0.05, 0.1) is 11.5 Å². The van der Waals surface area contributed by atoms with Crippen LogP contribution in [0, 0.1) is 28.6 Å². The number of ether oxygens (including phenoxy) is 1.